The monoisotopic (exact) mass is 218 g/mol. The van der Waals surface area contributed by atoms with E-state index in [4.69, 9.17) is 0 Å². The summed E-state index contributed by atoms with van der Waals surface area (Å²) in [6, 6.07) is 0. The first kappa shape index (κ1) is 29.3. The quantitative estimate of drug-likeness (QED) is 0.429. The van der Waals surface area contributed by atoms with Crippen LogP contribution in [-0.4, -0.2) is 0 Å². The third-order valence-electron chi connectivity index (χ3n) is 0.471. The highest BCUT2D eigenvalue weighted by molar-refractivity contribution is 4.69. The zero-order valence-corrected chi connectivity index (χ0v) is 13.3. The first-order valence-electron chi connectivity index (χ1n) is 6.72. The Morgan fingerprint density at radius 3 is 0.867 bits per heavy atom. The van der Waals surface area contributed by atoms with Gasteiger partial charge in [-0.2, -0.15) is 0 Å². The molecule has 0 atom stereocenters. The number of allylic oxidation sites excluding steroid dienone is 1. The number of hydrogen-bond acceptors (Lipinski definition) is 0. The van der Waals surface area contributed by atoms with Gasteiger partial charge in [0.1, 0.15) is 0 Å². The molecule has 0 N–H and O–H groups in total. The summed E-state index contributed by atoms with van der Waals surface area (Å²) >= 11 is 0. The van der Waals surface area contributed by atoms with E-state index in [1.165, 1.54) is 12.8 Å². The van der Waals surface area contributed by atoms with Crippen molar-refractivity contribution in [2.45, 2.75) is 82.1 Å². The summed E-state index contributed by atoms with van der Waals surface area (Å²) < 4.78 is 0. The summed E-state index contributed by atoms with van der Waals surface area (Å²) in [6.07, 6.45) is 4.42. The summed E-state index contributed by atoms with van der Waals surface area (Å²) in [5, 5.41) is 0. The molecule has 0 rings (SSSR count). The van der Waals surface area contributed by atoms with Crippen molar-refractivity contribution in [1.29, 1.82) is 0 Å². The fourth-order valence-corrected chi connectivity index (χ4v) is 0. The first-order valence-corrected chi connectivity index (χ1v) is 6.72. The highest BCUT2D eigenvalue weighted by Gasteiger charge is 1.73. The first-order chi connectivity index (χ1) is 7.10. The normalized spacial score (nSPS) is 6.07. The summed E-state index contributed by atoms with van der Waals surface area (Å²) in [6.45, 7) is 24.3. The van der Waals surface area contributed by atoms with Crippen LogP contribution in [0.3, 0.4) is 0 Å². The zero-order chi connectivity index (χ0) is 13.7. The minimum Gasteiger partial charge on any atom is -0.103 e. The van der Waals surface area contributed by atoms with Gasteiger partial charge in [0.2, 0.25) is 0 Å². The van der Waals surface area contributed by atoms with Crippen LogP contribution in [0.15, 0.2) is 12.7 Å². The van der Waals surface area contributed by atoms with E-state index in [1.807, 2.05) is 33.8 Å². The smallest absolute Gasteiger partial charge is 0.0293 e. The van der Waals surface area contributed by atoms with Crippen LogP contribution in [-0.2, 0) is 0 Å². The summed E-state index contributed by atoms with van der Waals surface area (Å²) in [4.78, 5) is 0. The van der Waals surface area contributed by atoms with Crippen molar-refractivity contribution in [1.82, 2.24) is 0 Å². The molecule has 0 amide bonds. The average Bonchev–Trinajstić information content (AvgIpc) is 2.26. The largest absolute Gasteiger partial charge is 0.103 e. The lowest BCUT2D eigenvalue weighted by Gasteiger charge is -1.84. The van der Waals surface area contributed by atoms with Gasteiger partial charge < -0.3 is 0 Å². The van der Waals surface area contributed by atoms with Gasteiger partial charge in [0.15, 0.2) is 0 Å². The predicted octanol–water partition coefficient (Wildman–Crippen LogP) is 6.71. The van der Waals surface area contributed by atoms with E-state index in [-0.39, 0.29) is 0 Å². The number of hydrogen-bond donors (Lipinski definition) is 0. The highest BCUT2D eigenvalue weighted by atomic mass is 13.8. The molecule has 0 aliphatic rings. The maximum atomic E-state index is 3.56. The third kappa shape index (κ3) is 625. The molecule has 0 bridgehead atoms. The van der Waals surface area contributed by atoms with E-state index in [1.54, 1.807) is 0 Å². The Kier molecular flexibility index (Phi) is 132. The Bertz CT molecular complexity index is 42.0. The minimum absolute atomic E-state index is 0.648. The topological polar surface area (TPSA) is 0 Å². The van der Waals surface area contributed by atoms with Crippen molar-refractivity contribution in [2.24, 2.45) is 5.92 Å². The molecule has 0 saturated carbocycles. The number of rotatable bonds is 1. The van der Waals surface area contributed by atoms with Crippen molar-refractivity contribution in [2.75, 3.05) is 0 Å². The van der Waals surface area contributed by atoms with Crippen molar-refractivity contribution in [3.63, 3.8) is 0 Å². The van der Waals surface area contributed by atoms with Gasteiger partial charge in [-0.15, -0.1) is 6.58 Å². The molecule has 0 heterocycles. The van der Waals surface area contributed by atoms with Crippen LogP contribution in [0, 0.1) is 5.92 Å². The predicted molar refractivity (Wildman–Crippen MR) is 79.7 cm³/mol. The van der Waals surface area contributed by atoms with Crippen LogP contribution in [0.1, 0.15) is 82.1 Å². The summed E-state index contributed by atoms with van der Waals surface area (Å²) in [5.41, 5.74) is 0. The molecule has 15 heavy (non-hydrogen) atoms. The van der Waals surface area contributed by atoms with Crippen LogP contribution in [0.5, 0.6) is 0 Å². The third-order valence-corrected chi connectivity index (χ3v) is 0.471. The molecule has 0 fully saturated rings. The molecular formula is C15H38. The van der Waals surface area contributed by atoms with E-state index >= 15 is 0 Å². The van der Waals surface area contributed by atoms with Gasteiger partial charge in [0.05, 0.1) is 0 Å². The Hall–Kier alpha value is -0.260. The molecule has 0 nitrogen and oxygen atoms in total. The van der Waals surface area contributed by atoms with E-state index in [0.29, 0.717) is 5.92 Å². The molecular weight excluding hydrogens is 180 g/mol. The fourth-order valence-electron chi connectivity index (χ4n) is 0. The van der Waals surface area contributed by atoms with E-state index < -0.39 is 0 Å². The van der Waals surface area contributed by atoms with Gasteiger partial charge in [0.25, 0.3) is 0 Å². The lowest BCUT2D eigenvalue weighted by Crippen LogP contribution is -1.71. The van der Waals surface area contributed by atoms with Gasteiger partial charge in [-0.05, 0) is 5.92 Å². The molecule has 0 spiro atoms. The molecule has 0 radical (unpaired) electrons. The maximum absolute atomic E-state index is 3.56. The SMILES string of the molecule is C=CC(C)C.CC.CC.CCC.CCC. The van der Waals surface area contributed by atoms with E-state index in [0.717, 1.165) is 0 Å². The second-order valence-electron chi connectivity index (χ2n) is 2.89. The lowest BCUT2D eigenvalue weighted by molar-refractivity contribution is 0.835. The second kappa shape index (κ2) is 67.7. The van der Waals surface area contributed by atoms with Gasteiger partial charge in [-0.3, -0.25) is 0 Å². The Morgan fingerprint density at radius 1 is 0.800 bits per heavy atom. The maximum Gasteiger partial charge on any atom is -0.0293 e. The Labute approximate surface area is 101 Å². The van der Waals surface area contributed by atoms with Gasteiger partial charge in [0, 0.05) is 0 Å². The van der Waals surface area contributed by atoms with Crippen LogP contribution in [0.4, 0.5) is 0 Å². The lowest BCUT2D eigenvalue weighted by atomic mass is 10.2. The molecule has 0 aromatic heterocycles. The molecule has 98 valence electrons. The molecule has 0 heteroatoms. The molecule has 0 aromatic rings. The highest BCUT2D eigenvalue weighted by Crippen LogP contribution is 1.87. The van der Waals surface area contributed by atoms with Crippen LogP contribution in [0.2, 0.25) is 0 Å². The van der Waals surface area contributed by atoms with E-state index in [2.05, 4.69) is 48.1 Å². The molecule has 0 aromatic carbocycles. The Morgan fingerprint density at radius 2 is 0.867 bits per heavy atom. The molecule has 0 aliphatic heterocycles. The van der Waals surface area contributed by atoms with Crippen LogP contribution >= 0.6 is 0 Å². The van der Waals surface area contributed by atoms with Crippen molar-refractivity contribution < 1.29 is 0 Å². The molecule has 0 unspecified atom stereocenters. The zero-order valence-electron chi connectivity index (χ0n) is 13.3. The fraction of sp³-hybridized carbons (Fsp3) is 0.867. The van der Waals surface area contributed by atoms with Gasteiger partial charge in [-0.1, -0.05) is 88.2 Å². The second-order valence-corrected chi connectivity index (χ2v) is 2.89. The molecule has 0 aliphatic carbocycles. The van der Waals surface area contributed by atoms with Crippen molar-refractivity contribution in [3.8, 4) is 0 Å². The van der Waals surface area contributed by atoms with Crippen LogP contribution < -0.4 is 0 Å². The van der Waals surface area contributed by atoms with Gasteiger partial charge >= 0.3 is 0 Å². The average molecular weight is 218 g/mol. The van der Waals surface area contributed by atoms with Gasteiger partial charge in [-0.25, -0.2) is 0 Å². The van der Waals surface area contributed by atoms with E-state index in [9.17, 15) is 0 Å². The minimum atomic E-state index is 0.648. The molecule has 0 saturated heterocycles. The van der Waals surface area contributed by atoms with Crippen molar-refractivity contribution in [3.05, 3.63) is 12.7 Å². The Balaban J connectivity index is -0.0000000296. The standard InChI is InChI=1S/C5H10.2C3H8.2C2H6/c1-4-5(2)3;2*1-3-2;2*1-2/h4-5H,1H2,2-3H3;2*3H2,1-2H3;2*1-2H3. The van der Waals surface area contributed by atoms with Crippen molar-refractivity contribution >= 4 is 0 Å². The van der Waals surface area contributed by atoms with Crippen LogP contribution in [0.25, 0.3) is 0 Å². The summed E-state index contributed by atoms with van der Waals surface area (Å²) in [7, 11) is 0. The summed E-state index contributed by atoms with van der Waals surface area (Å²) in [5.74, 6) is 0.648.